The van der Waals surface area contributed by atoms with Gasteiger partial charge in [0.2, 0.25) is 5.91 Å². The van der Waals surface area contributed by atoms with E-state index in [1.54, 1.807) is 40.5 Å². The molecule has 0 spiro atoms. The minimum absolute atomic E-state index is 0.0291. The fourth-order valence-electron chi connectivity index (χ4n) is 2.70. The van der Waals surface area contributed by atoms with Crippen molar-refractivity contribution in [3.8, 4) is 5.75 Å². The highest BCUT2D eigenvalue weighted by molar-refractivity contribution is 7.09. The van der Waals surface area contributed by atoms with E-state index in [1.807, 2.05) is 38.3 Å². The van der Waals surface area contributed by atoms with Gasteiger partial charge in [0.1, 0.15) is 11.8 Å². The lowest BCUT2D eigenvalue weighted by atomic mass is 10.0. The van der Waals surface area contributed by atoms with Crippen molar-refractivity contribution < 1.29 is 14.3 Å². The number of thiophene rings is 1. The molecule has 1 N–H and O–H groups in total. The van der Waals surface area contributed by atoms with Crippen LogP contribution in [-0.2, 0) is 11.3 Å². The molecule has 140 valence electrons. The van der Waals surface area contributed by atoms with Crippen molar-refractivity contribution >= 4 is 23.2 Å². The van der Waals surface area contributed by atoms with Gasteiger partial charge in [-0.3, -0.25) is 9.59 Å². The molecular weight excluding hydrogens is 348 g/mol. The average Bonchev–Trinajstić information content (AvgIpc) is 3.16. The number of methoxy groups -OCH3 is 1. The first-order chi connectivity index (χ1) is 12.5. The maximum absolute atomic E-state index is 13.0. The zero-order valence-corrected chi connectivity index (χ0v) is 16.5. The number of amides is 2. The fraction of sp³-hybridized carbons (Fsp3) is 0.400. The van der Waals surface area contributed by atoms with Gasteiger partial charge in [-0.1, -0.05) is 32.0 Å². The fourth-order valence-corrected chi connectivity index (χ4v) is 3.42. The maximum atomic E-state index is 13.0. The number of rotatable bonds is 8. The largest absolute Gasteiger partial charge is 0.496 e. The van der Waals surface area contributed by atoms with E-state index < -0.39 is 6.04 Å². The summed E-state index contributed by atoms with van der Waals surface area (Å²) in [5.74, 6) is 0.0882. The summed E-state index contributed by atoms with van der Waals surface area (Å²) in [5, 5.41) is 4.89. The molecule has 1 atom stereocenters. The van der Waals surface area contributed by atoms with Crippen molar-refractivity contribution in [2.45, 2.75) is 33.4 Å². The molecule has 0 radical (unpaired) electrons. The van der Waals surface area contributed by atoms with Gasteiger partial charge in [-0.25, -0.2) is 0 Å². The van der Waals surface area contributed by atoms with Gasteiger partial charge in [0.05, 0.1) is 19.2 Å². The van der Waals surface area contributed by atoms with Crippen LogP contribution in [-0.4, -0.2) is 36.4 Å². The van der Waals surface area contributed by atoms with Gasteiger partial charge in [-0.05, 0) is 36.4 Å². The quantitative estimate of drug-likeness (QED) is 0.769. The van der Waals surface area contributed by atoms with Crippen LogP contribution in [0.15, 0.2) is 41.8 Å². The summed E-state index contributed by atoms with van der Waals surface area (Å²) in [4.78, 5) is 28.7. The van der Waals surface area contributed by atoms with Gasteiger partial charge in [0.15, 0.2) is 0 Å². The molecule has 6 heteroatoms. The Morgan fingerprint density at radius 1 is 1.19 bits per heavy atom. The number of ether oxygens (including phenoxy) is 1. The Morgan fingerprint density at radius 2 is 1.92 bits per heavy atom. The number of hydrogen-bond donors (Lipinski definition) is 1. The summed E-state index contributed by atoms with van der Waals surface area (Å²) in [5.41, 5.74) is 0.426. The SMILES string of the molecule is CCN(Cc1cccs1)C(=O)C(NC(=O)c1ccccc1OC)C(C)C. The normalized spacial score (nSPS) is 11.9. The Balaban J connectivity index is 2.16. The summed E-state index contributed by atoms with van der Waals surface area (Å²) < 4.78 is 5.25. The first kappa shape index (κ1) is 20.0. The van der Waals surface area contributed by atoms with E-state index in [-0.39, 0.29) is 17.7 Å². The van der Waals surface area contributed by atoms with E-state index in [1.165, 1.54) is 7.11 Å². The van der Waals surface area contributed by atoms with Gasteiger partial charge in [0.25, 0.3) is 5.91 Å². The summed E-state index contributed by atoms with van der Waals surface area (Å²) in [7, 11) is 1.52. The zero-order chi connectivity index (χ0) is 19.1. The molecule has 0 saturated heterocycles. The molecule has 0 aliphatic heterocycles. The summed E-state index contributed by atoms with van der Waals surface area (Å²) >= 11 is 1.62. The molecule has 2 amide bonds. The second-order valence-electron chi connectivity index (χ2n) is 6.33. The number of hydrogen-bond acceptors (Lipinski definition) is 4. The molecule has 1 heterocycles. The average molecular weight is 375 g/mol. The summed E-state index contributed by atoms with van der Waals surface area (Å²) in [6.07, 6.45) is 0. The van der Waals surface area contributed by atoms with Crippen LogP contribution in [0.1, 0.15) is 36.0 Å². The van der Waals surface area contributed by atoms with Gasteiger partial charge in [-0.2, -0.15) is 0 Å². The topological polar surface area (TPSA) is 58.6 Å². The molecule has 0 bridgehead atoms. The van der Waals surface area contributed by atoms with Crippen LogP contribution >= 0.6 is 11.3 Å². The monoisotopic (exact) mass is 374 g/mol. The smallest absolute Gasteiger partial charge is 0.255 e. The predicted octanol–water partition coefficient (Wildman–Crippen LogP) is 3.56. The summed E-state index contributed by atoms with van der Waals surface area (Å²) in [6.45, 7) is 6.96. The molecule has 1 unspecified atom stereocenters. The number of nitrogens with zero attached hydrogens (tertiary/aromatic N) is 1. The number of nitrogens with one attached hydrogen (secondary N) is 1. The molecule has 2 aromatic rings. The molecule has 5 nitrogen and oxygen atoms in total. The minimum Gasteiger partial charge on any atom is -0.496 e. The van der Waals surface area contributed by atoms with E-state index in [4.69, 9.17) is 4.74 Å². The van der Waals surface area contributed by atoms with E-state index in [0.29, 0.717) is 24.4 Å². The van der Waals surface area contributed by atoms with Crippen molar-refractivity contribution in [1.29, 1.82) is 0 Å². The van der Waals surface area contributed by atoms with Gasteiger partial charge < -0.3 is 15.0 Å². The highest BCUT2D eigenvalue weighted by Crippen LogP contribution is 2.19. The van der Waals surface area contributed by atoms with Crippen LogP contribution in [0.2, 0.25) is 0 Å². The first-order valence-electron chi connectivity index (χ1n) is 8.73. The number of benzene rings is 1. The summed E-state index contributed by atoms with van der Waals surface area (Å²) in [6, 6.07) is 10.4. The lowest BCUT2D eigenvalue weighted by molar-refractivity contribution is -0.134. The molecule has 1 aromatic heterocycles. The number of likely N-dealkylation sites (N-methyl/N-ethyl adjacent to an activating group) is 1. The number of carbonyl (C=O) groups is 2. The Kier molecular flexibility index (Phi) is 7.21. The highest BCUT2D eigenvalue weighted by atomic mass is 32.1. The van der Waals surface area contributed by atoms with Crippen LogP contribution in [0.3, 0.4) is 0 Å². The lowest BCUT2D eigenvalue weighted by Gasteiger charge is -2.29. The highest BCUT2D eigenvalue weighted by Gasteiger charge is 2.29. The Labute approximate surface area is 159 Å². The third kappa shape index (κ3) is 4.85. The lowest BCUT2D eigenvalue weighted by Crippen LogP contribution is -2.51. The Bertz CT molecular complexity index is 728. The van der Waals surface area contributed by atoms with Crippen molar-refractivity contribution in [3.63, 3.8) is 0 Å². The molecule has 0 aliphatic carbocycles. The van der Waals surface area contributed by atoms with Crippen LogP contribution in [0, 0.1) is 5.92 Å². The molecule has 0 fully saturated rings. The number of para-hydroxylation sites is 1. The van der Waals surface area contributed by atoms with Crippen molar-refractivity contribution in [2.75, 3.05) is 13.7 Å². The molecule has 2 rings (SSSR count). The predicted molar refractivity (Wildman–Crippen MR) is 104 cm³/mol. The van der Waals surface area contributed by atoms with Crippen molar-refractivity contribution in [2.24, 2.45) is 5.92 Å². The van der Waals surface area contributed by atoms with E-state index in [2.05, 4.69) is 5.32 Å². The minimum atomic E-state index is -0.590. The third-order valence-electron chi connectivity index (χ3n) is 4.19. The second-order valence-corrected chi connectivity index (χ2v) is 7.36. The van der Waals surface area contributed by atoms with Crippen LogP contribution in [0.4, 0.5) is 0 Å². The van der Waals surface area contributed by atoms with Crippen LogP contribution in [0.25, 0.3) is 0 Å². The van der Waals surface area contributed by atoms with Crippen LogP contribution < -0.4 is 10.1 Å². The third-order valence-corrected chi connectivity index (χ3v) is 5.05. The van der Waals surface area contributed by atoms with Gasteiger partial charge >= 0.3 is 0 Å². The Morgan fingerprint density at radius 3 is 2.50 bits per heavy atom. The molecule has 26 heavy (non-hydrogen) atoms. The Hall–Kier alpha value is -2.34. The van der Waals surface area contributed by atoms with E-state index >= 15 is 0 Å². The molecule has 1 aromatic carbocycles. The molecule has 0 aliphatic rings. The first-order valence-corrected chi connectivity index (χ1v) is 9.60. The van der Waals surface area contributed by atoms with Crippen LogP contribution in [0.5, 0.6) is 5.75 Å². The van der Waals surface area contributed by atoms with Crippen molar-refractivity contribution in [1.82, 2.24) is 10.2 Å². The van der Waals surface area contributed by atoms with Gasteiger partial charge in [-0.15, -0.1) is 11.3 Å². The van der Waals surface area contributed by atoms with Gasteiger partial charge in [0, 0.05) is 11.4 Å². The van der Waals surface area contributed by atoms with E-state index in [0.717, 1.165) is 4.88 Å². The zero-order valence-electron chi connectivity index (χ0n) is 15.7. The number of carbonyl (C=O) groups excluding carboxylic acids is 2. The maximum Gasteiger partial charge on any atom is 0.255 e. The van der Waals surface area contributed by atoms with Crippen molar-refractivity contribution in [3.05, 3.63) is 52.2 Å². The second kappa shape index (κ2) is 9.38. The standard InChI is InChI=1S/C20H26N2O3S/c1-5-22(13-15-9-8-12-26-15)20(24)18(14(2)3)21-19(23)16-10-6-7-11-17(16)25-4/h6-12,14,18H,5,13H2,1-4H3,(H,21,23). The van der Waals surface area contributed by atoms with E-state index in [9.17, 15) is 9.59 Å². The molecular formula is C20H26N2O3S. The molecule has 0 saturated carbocycles.